The average molecular weight is 608 g/mol. The van der Waals surface area contributed by atoms with Crippen molar-refractivity contribution in [3.63, 3.8) is 0 Å². The van der Waals surface area contributed by atoms with Crippen LogP contribution < -0.4 is 10.6 Å². The Morgan fingerprint density at radius 3 is 2.58 bits per heavy atom. The van der Waals surface area contributed by atoms with E-state index in [2.05, 4.69) is 21.7 Å². The van der Waals surface area contributed by atoms with E-state index in [-0.39, 0.29) is 44.6 Å². The van der Waals surface area contributed by atoms with Gasteiger partial charge in [-0.2, -0.15) is 18.4 Å². The third kappa shape index (κ3) is 5.04. The molecule has 2 amide bonds. The Morgan fingerprint density at radius 2 is 1.84 bits per heavy atom. The van der Waals surface area contributed by atoms with Gasteiger partial charge in [-0.1, -0.05) is 11.6 Å². The standard InChI is InChI=1S/C30H15ClF5N5O2/c31-23-2-1-18(32)11-20(23)27-26-21(29(43)40-27)7-14(22-13-41-4-3-38-25(41)9-16(22)12-37)8-24(26)39-28(42)15-5-17(30(34,35)36)10-19(33)6-15/h1-11,13,27H,(H,39,42)(H,40,43). The average Bonchev–Trinajstić information content (AvgIpc) is 3.56. The highest BCUT2D eigenvalue weighted by Gasteiger charge is 2.36. The lowest BCUT2D eigenvalue weighted by molar-refractivity contribution is -0.137. The molecule has 214 valence electrons. The van der Waals surface area contributed by atoms with Gasteiger partial charge in [-0.05, 0) is 60.2 Å². The second-order valence-electron chi connectivity index (χ2n) is 9.64. The van der Waals surface area contributed by atoms with E-state index in [0.717, 1.165) is 12.1 Å². The lowest BCUT2D eigenvalue weighted by Crippen LogP contribution is -2.21. The third-order valence-corrected chi connectivity index (χ3v) is 7.30. The summed E-state index contributed by atoms with van der Waals surface area (Å²) < 4.78 is 70.1. The summed E-state index contributed by atoms with van der Waals surface area (Å²) in [6.45, 7) is 0. The Balaban J connectivity index is 1.55. The highest BCUT2D eigenvalue weighted by molar-refractivity contribution is 6.31. The number of hydrogen-bond donors (Lipinski definition) is 2. The number of hydrogen-bond acceptors (Lipinski definition) is 4. The van der Waals surface area contributed by atoms with Crippen LogP contribution >= 0.6 is 11.6 Å². The van der Waals surface area contributed by atoms with Gasteiger partial charge in [0.15, 0.2) is 0 Å². The first kappa shape index (κ1) is 27.9. The number of halogens is 6. The minimum atomic E-state index is -4.92. The van der Waals surface area contributed by atoms with Crippen LogP contribution in [0.2, 0.25) is 5.02 Å². The van der Waals surface area contributed by atoms with Crippen LogP contribution in [-0.2, 0) is 6.18 Å². The molecule has 43 heavy (non-hydrogen) atoms. The number of nitrogens with zero attached hydrogens (tertiary/aromatic N) is 3. The molecular weight excluding hydrogens is 593 g/mol. The quantitative estimate of drug-likeness (QED) is 0.217. The van der Waals surface area contributed by atoms with Crippen LogP contribution in [0.1, 0.15) is 49.0 Å². The van der Waals surface area contributed by atoms with Crippen molar-refractivity contribution < 1.29 is 31.5 Å². The molecule has 7 nitrogen and oxygen atoms in total. The molecule has 1 atom stereocenters. The summed E-state index contributed by atoms with van der Waals surface area (Å²) in [6.07, 6.45) is -0.186. The number of nitrogens with one attached hydrogen (secondary N) is 2. The third-order valence-electron chi connectivity index (χ3n) is 6.96. The molecule has 1 aliphatic rings. The number of imidazole rings is 1. The molecule has 0 saturated heterocycles. The maximum Gasteiger partial charge on any atom is 0.416 e. The van der Waals surface area contributed by atoms with Crippen molar-refractivity contribution in [3.05, 3.63) is 123 Å². The van der Waals surface area contributed by atoms with Crippen LogP contribution in [-0.4, -0.2) is 21.2 Å². The molecule has 1 aliphatic heterocycles. The van der Waals surface area contributed by atoms with Crippen LogP contribution in [0.5, 0.6) is 0 Å². The second kappa shape index (κ2) is 10.2. The molecule has 13 heteroatoms. The monoisotopic (exact) mass is 607 g/mol. The molecule has 0 bridgehead atoms. The van der Waals surface area contributed by atoms with Crippen molar-refractivity contribution in [1.82, 2.24) is 14.7 Å². The fourth-order valence-electron chi connectivity index (χ4n) is 5.02. The Bertz CT molecular complexity index is 2030. The number of pyridine rings is 1. The second-order valence-corrected chi connectivity index (χ2v) is 10.1. The topological polar surface area (TPSA) is 99.3 Å². The molecule has 3 aromatic carbocycles. The summed E-state index contributed by atoms with van der Waals surface area (Å²) in [4.78, 5) is 30.7. The van der Waals surface area contributed by atoms with Crippen molar-refractivity contribution >= 4 is 34.7 Å². The van der Waals surface area contributed by atoms with Gasteiger partial charge in [0.25, 0.3) is 11.8 Å². The molecular formula is C30H15ClF5N5O2. The molecule has 1 unspecified atom stereocenters. The maximum absolute atomic E-state index is 14.2. The SMILES string of the molecule is N#Cc1cc2nccn2cc1-c1cc(NC(=O)c2cc(F)cc(C(F)(F)F)c2)c2c(c1)C(=O)NC2c1cc(F)ccc1Cl. The number of carbonyl (C=O) groups is 2. The Kier molecular flexibility index (Phi) is 6.62. The van der Waals surface area contributed by atoms with Gasteiger partial charge in [0, 0.05) is 57.1 Å². The first-order valence-electron chi connectivity index (χ1n) is 12.4. The van der Waals surface area contributed by atoms with E-state index in [9.17, 15) is 36.8 Å². The number of benzene rings is 3. The number of amides is 2. The van der Waals surface area contributed by atoms with Crippen LogP contribution in [0.25, 0.3) is 16.8 Å². The number of nitriles is 1. The Morgan fingerprint density at radius 1 is 1.05 bits per heavy atom. The predicted molar refractivity (Wildman–Crippen MR) is 145 cm³/mol. The van der Waals surface area contributed by atoms with Gasteiger partial charge < -0.3 is 15.0 Å². The number of aromatic nitrogens is 2. The molecule has 6 rings (SSSR count). The summed E-state index contributed by atoms with van der Waals surface area (Å²) in [5.41, 5.74) is -0.458. The molecule has 0 saturated carbocycles. The Hall–Kier alpha value is -5.28. The maximum atomic E-state index is 14.2. The van der Waals surface area contributed by atoms with Crippen molar-refractivity contribution in [2.45, 2.75) is 12.2 Å². The minimum Gasteiger partial charge on any atom is -0.341 e. The number of carbonyl (C=O) groups excluding carboxylic acids is 2. The van der Waals surface area contributed by atoms with Gasteiger partial charge >= 0.3 is 6.18 Å². The normalized spacial score (nSPS) is 14.3. The van der Waals surface area contributed by atoms with E-state index in [1.807, 2.05) is 0 Å². The summed E-state index contributed by atoms with van der Waals surface area (Å²) in [5.74, 6) is -3.67. The first-order valence-corrected chi connectivity index (χ1v) is 12.8. The highest BCUT2D eigenvalue weighted by atomic mass is 35.5. The molecule has 0 radical (unpaired) electrons. The summed E-state index contributed by atoms with van der Waals surface area (Å²) in [5, 5.41) is 15.1. The van der Waals surface area contributed by atoms with E-state index < -0.39 is 46.8 Å². The van der Waals surface area contributed by atoms with E-state index >= 15 is 0 Å². The Labute approximate surface area is 244 Å². The fraction of sp³-hybridized carbons (Fsp3) is 0.0667. The van der Waals surface area contributed by atoms with Gasteiger partial charge in [-0.3, -0.25) is 9.59 Å². The summed E-state index contributed by atoms with van der Waals surface area (Å²) >= 11 is 6.34. The van der Waals surface area contributed by atoms with Gasteiger partial charge in [0.2, 0.25) is 0 Å². The lowest BCUT2D eigenvalue weighted by Gasteiger charge is -2.19. The predicted octanol–water partition coefficient (Wildman–Crippen LogP) is 6.91. The summed E-state index contributed by atoms with van der Waals surface area (Å²) in [7, 11) is 0. The number of rotatable bonds is 4. The molecule has 0 aliphatic carbocycles. The van der Waals surface area contributed by atoms with E-state index in [1.165, 1.54) is 30.5 Å². The zero-order valence-corrected chi connectivity index (χ0v) is 22.2. The van der Waals surface area contributed by atoms with Crippen LogP contribution in [0.4, 0.5) is 27.6 Å². The molecule has 0 spiro atoms. The molecule has 2 N–H and O–H groups in total. The van der Waals surface area contributed by atoms with E-state index in [1.54, 1.807) is 16.8 Å². The van der Waals surface area contributed by atoms with Crippen molar-refractivity contribution in [3.8, 4) is 17.2 Å². The van der Waals surface area contributed by atoms with Gasteiger partial charge in [0.05, 0.1) is 23.2 Å². The lowest BCUT2D eigenvalue weighted by atomic mass is 9.92. The van der Waals surface area contributed by atoms with Crippen LogP contribution in [0.15, 0.2) is 73.2 Å². The van der Waals surface area contributed by atoms with Gasteiger partial charge in [0.1, 0.15) is 17.3 Å². The van der Waals surface area contributed by atoms with E-state index in [0.29, 0.717) is 23.3 Å². The highest BCUT2D eigenvalue weighted by Crippen LogP contribution is 2.42. The number of anilines is 1. The van der Waals surface area contributed by atoms with Crippen molar-refractivity contribution in [2.75, 3.05) is 5.32 Å². The first-order chi connectivity index (χ1) is 20.4. The van der Waals surface area contributed by atoms with Crippen molar-refractivity contribution in [2.24, 2.45) is 0 Å². The molecule has 2 aromatic heterocycles. The smallest absolute Gasteiger partial charge is 0.341 e. The van der Waals surface area contributed by atoms with Crippen molar-refractivity contribution in [1.29, 1.82) is 5.26 Å². The molecule has 3 heterocycles. The molecule has 5 aromatic rings. The molecule has 0 fully saturated rings. The zero-order valence-electron chi connectivity index (χ0n) is 21.4. The minimum absolute atomic E-state index is 0.0305. The van der Waals surface area contributed by atoms with Crippen LogP contribution in [0.3, 0.4) is 0 Å². The zero-order chi connectivity index (χ0) is 30.6. The largest absolute Gasteiger partial charge is 0.416 e. The number of alkyl halides is 3. The van der Waals surface area contributed by atoms with Gasteiger partial charge in [-0.15, -0.1) is 0 Å². The van der Waals surface area contributed by atoms with Gasteiger partial charge in [-0.25, -0.2) is 13.8 Å². The van der Waals surface area contributed by atoms with E-state index in [4.69, 9.17) is 11.6 Å². The summed E-state index contributed by atoms with van der Waals surface area (Å²) in [6, 6.07) is 10.3. The fourth-order valence-corrected chi connectivity index (χ4v) is 5.25. The van der Waals surface area contributed by atoms with Crippen LogP contribution in [0, 0.1) is 23.0 Å². The number of fused-ring (bicyclic) bond motifs is 2.